The van der Waals surface area contributed by atoms with E-state index in [2.05, 4.69) is 31.3 Å². The molecule has 1 saturated heterocycles. The molecule has 0 saturated carbocycles. The molecule has 4 nitrogen and oxygen atoms in total. The monoisotopic (exact) mass is 427 g/mol. The van der Waals surface area contributed by atoms with Crippen molar-refractivity contribution >= 4 is 40.3 Å². The average Bonchev–Trinajstić information content (AvgIpc) is 3.04. The Bertz CT molecular complexity index is 911. The fraction of sp³-hybridized carbons (Fsp3) is 0.304. The van der Waals surface area contributed by atoms with Gasteiger partial charge >= 0.3 is 0 Å². The molecule has 152 valence electrons. The van der Waals surface area contributed by atoms with Crippen LogP contribution in [0.5, 0.6) is 11.5 Å². The van der Waals surface area contributed by atoms with Crippen molar-refractivity contribution in [3.05, 3.63) is 64.6 Å². The van der Waals surface area contributed by atoms with Gasteiger partial charge in [-0.15, -0.1) is 0 Å². The zero-order chi connectivity index (χ0) is 20.6. The van der Waals surface area contributed by atoms with E-state index in [-0.39, 0.29) is 5.91 Å². The highest BCUT2D eigenvalue weighted by atomic mass is 32.2. The predicted molar refractivity (Wildman–Crippen MR) is 124 cm³/mol. The summed E-state index contributed by atoms with van der Waals surface area (Å²) in [7, 11) is 0. The summed E-state index contributed by atoms with van der Waals surface area (Å²) in [6, 6.07) is 15.9. The van der Waals surface area contributed by atoms with Crippen molar-refractivity contribution in [3.63, 3.8) is 0 Å². The summed E-state index contributed by atoms with van der Waals surface area (Å²) in [5.41, 5.74) is 2.16. The van der Waals surface area contributed by atoms with Gasteiger partial charge in [-0.3, -0.25) is 4.79 Å². The number of hydrogen-bond donors (Lipinski definition) is 1. The molecule has 0 radical (unpaired) electrons. The van der Waals surface area contributed by atoms with E-state index in [1.807, 2.05) is 42.5 Å². The highest BCUT2D eigenvalue weighted by Gasteiger charge is 2.21. The molecule has 1 heterocycles. The van der Waals surface area contributed by atoms with Crippen LogP contribution in [-0.4, -0.2) is 23.4 Å². The molecule has 2 aromatic carbocycles. The SMILES string of the molecule is CC[C@@H](C)c1ccccc1OCCCOc1cccc(/C=C2/SC(=S)NC2=O)c1. The summed E-state index contributed by atoms with van der Waals surface area (Å²) in [5.74, 6) is 2.06. The number of nitrogens with one attached hydrogen (secondary N) is 1. The van der Waals surface area contributed by atoms with Crippen LogP contribution in [0.1, 0.15) is 43.7 Å². The van der Waals surface area contributed by atoms with Gasteiger partial charge in [0.25, 0.3) is 5.91 Å². The molecule has 1 aliphatic heterocycles. The maximum atomic E-state index is 11.8. The molecule has 0 aliphatic carbocycles. The van der Waals surface area contributed by atoms with Gasteiger partial charge in [-0.05, 0) is 47.7 Å². The van der Waals surface area contributed by atoms with Crippen molar-refractivity contribution in [2.45, 2.75) is 32.6 Å². The van der Waals surface area contributed by atoms with Gasteiger partial charge in [0, 0.05) is 6.42 Å². The molecule has 0 bridgehead atoms. The van der Waals surface area contributed by atoms with Gasteiger partial charge in [0.1, 0.15) is 15.8 Å². The van der Waals surface area contributed by atoms with Crippen LogP contribution >= 0.6 is 24.0 Å². The minimum atomic E-state index is -0.152. The van der Waals surface area contributed by atoms with Gasteiger partial charge in [-0.2, -0.15) is 0 Å². The number of amides is 1. The lowest BCUT2D eigenvalue weighted by Gasteiger charge is -2.15. The summed E-state index contributed by atoms with van der Waals surface area (Å²) >= 11 is 6.29. The molecule has 1 aliphatic rings. The van der Waals surface area contributed by atoms with Crippen molar-refractivity contribution in [2.75, 3.05) is 13.2 Å². The predicted octanol–water partition coefficient (Wildman–Crippen LogP) is 5.54. The molecule has 1 atom stereocenters. The van der Waals surface area contributed by atoms with Gasteiger partial charge < -0.3 is 14.8 Å². The Morgan fingerprint density at radius 2 is 1.93 bits per heavy atom. The average molecular weight is 428 g/mol. The Kier molecular flexibility index (Phi) is 7.72. The van der Waals surface area contributed by atoms with Crippen LogP contribution in [0.4, 0.5) is 0 Å². The van der Waals surface area contributed by atoms with Crippen LogP contribution in [0.25, 0.3) is 6.08 Å². The van der Waals surface area contributed by atoms with E-state index in [1.165, 1.54) is 17.3 Å². The van der Waals surface area contributed by atoms with Gasteiger partial charge in [0.05, 0.1) is 18.1 Å². The summed E-state index contributed by atoms with van der Waals surface area (Å²) < 4.78 is 12.3. The third-order valence-corrected chi connectivity index (χ3v) is 5.84. The fourth-order valence-electron chi connectivity index (χ4n) is 2.94. The highest BCUT2D eigenvalue weighted by Crippen LogP contribution is 2.29. The number of ether oxygens (including phenoxy) is 2. The van der Waals surface area contributed by atoms with Crippen LogP contribution in [0.3, 0.4) is 0 Å². The second-order valence-corrected chi connectivity index (χ2v) is 8.54. The van der Waals surface area contributed by atoms with E-state index in [0.29, 0.717) is 28.4 Å². The first kappa shape index (κ1) is 21.4. The van der Waals surface area contributed by atoms with E-state index < -0.39 is 0 Å². The van der Waals surface area contributed by atoms with Gasteiger partial charge in [-0.25, -0.2) is 0 Å². The fourth-order valence-corrected chi connectivity index (χ4v) is 3.98. The third kappa shape index (κ3) is 6.08. The molecule has 29 heavy (non-hydrogen) atoms. The highest BCUT2D eigenvalue weighted by molar-refractivity contribution is 8.26. The normalized spacial score (nSPS) is 16.0. The number of benzene rings is 2. The maximum absolute atomic E-state index is 11.8. The summed E-state index contributed by atoms with van der Waals surface area (Å²) in [4.78, 5) is 12.4. The molecule has 0 aromatic heterocycles. The zero-order valence-corrected chi connectivity index (χ0v) is 18.3. The lowest BCUT2D eigenvalue weighted by molar-refractivity contribution is -0.115. The molecule has 1 fully saturated rings. The quantitative estimate of drug-likeness (QED) is 0.324. The second kappa shape index (κ2) is 10.5. The van der Waals surface area contributed by atoms with E-state index in [1.54, 1.807) is 0 Å². The number of carbonyl (C=O) groups excluding carboxylic acids is 1. The molecule has 0 unspecified atom stereocenters. The van der Waals surface area contributed by atoms with Crippen molar-refractivity contribution < 1.29 is 14.3 Å². The topological polar surface area (TPSA) is 47.6 Å². The standard InChI is InChI=1S/C23H25NO3S2/c1-3-16(2)19-10-4-5-11-20(19)27-13-7-12-26-18-9-6-8-17(14-18)15-21-22(25)24-23(28)29-21/h4-6,8-11,14-16H,3,7,12-13H2,1-2H3,(H,24,25,28)/b21-15+/t16-/m1/s1. The first-order valence-corrected chi connectivity index (χ1v) is 11.0. The molecule has 1 N–H and O–H groups in total. The Balaban J connectivity index is 1.49. The van der Waals surface area contributed by atoms with E-state index in [9.17, 15) is 4.79 Å². The lowest BCUT2D eigenvalue weighted by atomic mass is 9.98. The number of thiocarbonyl (C=S) groups is 1. The molecule has 2 aromatic rings. The van der Waals surface area contributed by atoms with Crippen molar-refractivity contribution in [2.24, 2.45) is 0 Å². The van der Waals surface area contributed by atoms with Crippen molar-refractivity contribution in [1.29, 1.82) is 0 Å². The van der Waals surface area contributed by atoms with Gasteiger partial charge in [-0.1, -0.05) is 68.2 Å². The molecular formula is C23H25NO3S2. The molecule has 1 amide bonds. The zero-order valence-electron chi connectivity index (χ0n) is 16.6. The minimum absolute atomic E-state index is 0.152. The number of hydrogen-bond acceptors (Lipinski definition) is 5. The number of rotatable bonds is 9. The first-order chi connectivity index (χ1) is 14.1. The Morgan fingerprint density at radius 1 is 1.14 bits per heavy atom. The van der Waals surface area contributed by atoms with Crippen molar-refractivity contribution in [3.8, 4) is 11.5 Å². The Labute approximate surface area is 181 Å². The smallest absolute Gasteiger partial charge is 0.263 e. The van der Waals surface area contributed by atoms with Crippen LogP contribution in [0.2, 0.25) is 0 Å². The van der Waals surface area contributed by atoms with E-state index in [0.717, 1.165) is 29.9 Å². The van der Waals surface area contributed by atoms with Crippen molar-refractivity contribution in [1.82, 2.24) is 5.32 Å². The number of carbonyl (C=O) groups is 1. The van der Waals surface area contributed by atoms with Gasteiger partial charge in [0.15, 0.2) is 0 Å². The Hall–Kier alpha value is -2.31. The summed E-state index contributed by atoms with van der Waals surface area (Å²) in [5, 5.41) is 2.62. The maximum Gasteiger partial charge on any atom is 0.263 e. The van der Waals surface area contributed by atoms with E-state index in [4.69, 9.17) is 21.7 Å². The van der Waals surface area contributed by atoms with E-state index >= 15 is 0 Å². The molecule has 6 heteroatoms. The van der Waals surface area contributed by atoms with Crippen LogP contribution in [0, 0.1) is 0 Å². The summed E-state index contributed by atoms with van der Waals surface area (Å²) in [6.07, 6.45) is 3.69. The molecule has 3 rings (SSSR count). The third-order valence-electron chi connectivity index (χ3n) is 4.68. The van der Waals surface area contributed by atoms with Crippen LogP contribution < -0.4 is 14.8 Å². The largest absolute Gasteiger partial charge is 0.493 e. The van der Waals surface area contributed by atoms with Gasteiger partial charge in [0.2, 0.25) is 0 Å². The van der Waals surface area contributed by atoms with Crippen LogP contribution in [-0.2, 0) is 4.79 Å². The van der Waals surface area contributed by atoms with Crippen LogP contribution in [0.15, 0.2) is 53.4 Å². The summed E-state index contributed by atoms with van der Waals surface area (Å²) in [6.45, 7) is 5.57. The minimum Gasteiger partial charge on any atom is -0.493 e. The molecule has 0 spiro atoms. The number of para-hydroxylation sites is 1. The molecular weight excluding hydrogens is 402 g/mol. The first-order valence-electron chi connectivity index (χ1n) is 9.76. The Morgan fingerprint density at radius 3 is 2.69 bits per heavy atom. The number of thioether (sulfide) groups is 1. The lowest BCUT2D eigenvalue weighted by Crippen LogP contribution is -2.17. The second-order valence-electron chi connectivity index (χ2n) is 6.82.